The second-order valence-corrected chi connectivity index (χ2v) is 10.2. The van der Waals surface area contributed by atoms with Gasteiger partial charge in [-0.3, -0.25) is 4.79 Å². The van der Waals surface area contributed by atoms with Gasteiger partial charge in [0, 0.05) is 38.5 Å². The van der Waals surface area contributed by atoms with E-state index >= 15 is 0 Å². The SMILES string of the molecule is COC(=O)[C@H](CCOC1CC(CCc2ccc3c(n2)NCCC3)C1)NC(=O)C1(C(F)(F)F)CCOCC1. The Labute approximate surface area is 215 Å². The number of pyridine rings is 1. The van der Waals surface area contributed by atoms with Crippen LogP contribution in [-0.2, 0) is 36.6 Å². The molecular weight excluding hydrogens is 491 g/mol. The van der Waals surface area contributed by atoms with Crippen LogP contribution in [-0.4, -0.2) is 68.7 Å². The Morgan fingerprint density at radius 3 is 2.73 bits per heavy atom. The number of anilines is 1. The number of amides is 1. The molecule has 3 heterocycles. The molecule has 0 aromatic carbocycles. The highest BCUT2D eigenvalue weighted by Gasteiger charge is 2.60. The van der Waals surface area contributed by atoms with Crippen LogP contribution in [0.2, 0.25) is 0 Å². The lowest BCUT2D eigenvalue weighted by Gasteiger charge is -2.38. The van der Waals surface area contributed by atoms with E-state index in [4.69, 9.17) is 19.2 Å². The van der Waals surface area contributed by atoms with Crippen LogP contribution in [0, 0.1) is 11.3 Å². The van der Waals surface area contributed by atoms with Gasteiger partial charge in [-0.15, -0.1) is 0 Å². The number of aromatic nitrogens is 1. The quantitative estimate of drug-likeness (QED) is 0.449. The predicted molar refractivity (Wildman–Crippen MR) is 129 cm³/mol. The third-order valence-corrected chi connectivity index (χ3v) is 7.83. The maximum Gasteiger partial charge on any atom is 0.403 e. The number of carbonyl (C=O) groups is 2. The van der Waals surface area contributed by atoms with Crippen molar-refractivity contribution in [3.63, 3.8) is 0 Å². The Hall–Kier alpha value is -2.40. The van der Waals surface area contributed by atoms with Crippen LogP contribution >= 0.6 is 0 Å². The molecule has 1 amide bonds. The molecule has 4 rings (SSSR count). The molecular formula is C26H36F3N3O5. The van der Waals surface area contributed by atoms with Gasteiger partial charge in [0.2, 0.25) is 5.91 Å². The summed E-state index contributed by atoms with van der Waals surface area (Å²) in [5.41, 5.74) is -0.215. The van der Waals surface area contributed by atoms with Gasteiger partial charge < -0.3 is 24.8 Å². The second-order valence-electron chi connectivity index (χ2n) is 10.2. The smallest absolute Gasteiger partial charge is 0.403 e. The number of ether oxygens (including phenoxy) is 3. The van der Waals surface area contributed by atoms with Crippen LogP contribution in [0.5, 0.6) is 0 Å². The first kappa shape index (κ1) is 27.6. The molecule has 3 aliphatic rings. The number of hydrogen-bond donors (Lipinski definition) is 2. The van der Waals surface area contributed by atoms with Gasteiger partial charge in [0.15, 0.2) is 0 Å². The minimum atomic E-state index is -4.75. The number of rotatable bonds is 10. The van der Waals surface area contributed by atoms with Crippen molar-refractivity contribution >= 4 is 17.7 Å². The minimum Gasteiger partial charge on any atom is -0.467 e. The molecule has 1 aromatic heterocycles. The lowest BCUT2D eigenvalue weighted by atomic mass is 9.78. The number of esters is 1. The fraction of sp³-hybridized carbons (Fsp3) is 0.731. The molecule has 11 heteroatoms. The van der Waals surface area contributed by atoms with Crippen molar-refractivity contribution in [1.82, 2.24) is 10.3 Å². The van der Waals surface area contributed by atoms with Crippen LogP contribution < -0.4 is 10.6 Å². The molecule has 2 N–H and O–H groups in total. The molecule has 1 atom stereocenters. The maximum atomic E-state index is 13.8. The van der Waals surface area contributed by atoms with Gasteiger partial charge in [-0.2, -0.15) is 13.2 Å². The Morgan fingerprint density at radius 2 is 2.03 bits per heavy atom. The Morgan fingerprint density at radius 1 is 1.27 bits per heavy atom. The predicted octanol–water partition coefficient (Wildman–Crippen LogP) is 3.57. The van der Waals surface area contributed by atoms with Crippen LogP contribution in [0.1, 0.15) is 56.2 Å². The van der Waals surface area contributed by atoms with Crippen LogP contribution in [0.15, 0.2) is 12.1 Å². The monoisotopic (exact) mass is 527 g/mol. The average molecular weight is 528 g/mol. The standard InChI is InChI=1S/C26H36F3N3O5/c1-35-23(33)21(32-24(34)25(26(27,28)29)9-13-36-14-10-25)8-12-37-20-15-17(16-20)4-6-19-7-5-18-3-2-11-30-22(18)31-19/h5,7,17,20-21H,2-4,6,8-16H2,1H3,(H,30,31)(H,32,34)/t17?,20?,21-/m0/s1. The molecule has 37 heavy (non-hydrogen) atoms. The summed E-state index contributed by atoms with van der Waals surface area (Å²) in [5, 5.41) is 5.64. The molecule has 1 saturated heterocycles. The van der Waals surface area contributed by atoms with Crippen molar-refractivity contribution in [2.75, 3.05) is 38.8 Å². The van der Waals surface area contributed by atoms with Crippen molar-refractivity contribution < 1.29 is 37.0 Å². The molecule has 2 aliphatic heterocycles. The van der Waals surface area contributed by atoms with Crippen molar-refractivity contribution in [2.45, 2.75) is 76.1 Å². The fourth-order valence-corrected chi connectivity index (χ4v) is 5.31. The summed E-state index contributed by atoms with van der Waals surface area (Å²) < 4.78 is 57.0. The highest BCUT2D eigenvalue weighted by atomic mass is 19.4. The van der Waals surface area contributed by atoms with E-state index in [9.17, 15) is 22.8 Å². The summed E-state index contributed by atoms with van der Waals surface area (Å²) in [5.74, 6) is -0.482. The van der Waals surface area contributed by atoms with Crippen LogP contribution in [0.25, 0.3) is 0 Å². The summed E-state index contributed by atoms with van der Waals surface area (Å²) in [4.78, 5) is 29.7. The number of nitrogens with zero attached hydrogens (tertiary/aromatic N) is 1. The molecule has 1 saturated carbocycles. The minimum absolute atomic E-state index is 0.0363. The number of methoxy groups -OCH3 is 1. The Kier molecular flexibility index (Phi) is 8.94. The van der Waals surface area contributed by atoms with Crippen LogP contribution in [0.4, 0.5) is 19.0 Å². The summed E-state index contributed by atoms with van der Waals surface area (Å²) in [6, 6.07) is 3.05. The van der Waals surface area contributed by atoms with E-state index in [1.165, 1.54) is 5.56 Å². The molecule has 2 fully saturated rings. The molecule has 206 valence electrons. The van der Waals surface area contributed by atoms with Crippen molar-refractivity contribution in [3.05, 3.63) is 23.4 Å². The highest BCUT2D eigenvalue weighted by molar-refractivity contribution is 5.88. The topological polar surface area (TPSA) is 98.8 Å². The normalized spacial score (nSPS) is 23.7. The zero-order valence-electron chi connectivity index (χ0n) is 21.2. The summed E-state index contributed by atoms with van der Waals surface area (Å²) in [7, 11) is 1.14. The van der Waals surface area contributed by atoms with Gasteiger partial charge in [-0.25, -0.2) is 9.78 Å². The number of fused-ring (bicyclic) bond motifs is 1. The van der Waals surface area contributed by atoms with Gasteiger partial charge in [-0.1, -0.05) is 6.07 Å². The van der Waals surface area contributed by atoms with Gasteiger partial charge in [0.25, 0.3) is 0 Å². The van der Waals surface area contributed by atoms with Crippen LogP contribution in [0.3, 0.4) is 0 Å². The molecule has 0 radical (unpaired) electrons. The van der Waals surface area contributed by atoms with E-state index in [2.05, 4.69) is 22.8 Å². The third-order valence-electron chi connectivity index (χ3n) is 7.83. The first-order chi connectivity index (χ1) is 17.7. The van der Waals surface area contributed by atoms with Gasteiger partial charge in [-0.05, 0) is 68.9 Å². The molecule has 8 nitrogen and oxygen atoms in total. The van der Waals surface area contributed by atoms with Crippen molar-refractivity contribution in [2.24, 2.45) is 11.3 Å². The van der Waals surface area contributed by atoms with Crippen molar-refractivity contribution in [1.29, 1.82) is 0 Å². The van der Waals surface area contributed by atoms with Gasteiger partial charge in [0.1, 0.15) is 17.3 Å². The van der Waals surface area contributed by atoms with E-state index in [1.807, 2.05) is 0 Å². The zero-order chi connectivity index (χ0) is 26.5. The second kappa shape index (κ2) is 12.0. The molecule has 0 bridgehead atoms. The highest BCUT2D eigenvalue weighted by Crippen LogP contribution is 2.46. The Bertz CT molecular complexity index is 946. The number of halogens is 3. The van der Waals surface area contributed by atoms with E-state index in [0.29, 0.717) is 5.92 Å². The first-order valence-electron chi connectivity index (χ1n) is 13.1. The van der Waals surface area contributed by atoms with E-state index < -0.39 is 42.4 Å². The summed E-state index contributed by atoms with van der Waals surface area (Å²) in [6.45, 7) is 0.768. The third kappa shape index (κ3) is 6.54. The van der Waals surface area contributed by atoms with Crippen molar-refractivity contribution in [3.8, 4) is 0 Å². The fourth-order valence-electron chi connectivity index (χ4n) is 5.31. The molecule has 0 unspecified atom stereocenters. The first-order valence-corrected chi connectivity index (χ1v) is 13.1. The lowest BCUT2D eigenvalue weighted by molar-refractivity contribution is -0.240. The zero-order valence-corrected chi connectivity index (χ0v) is 21.2. The average Bonchev–Trinajstić information content (AvgIpc) is 2.87. The maximum absolute atomic E-state index is 13.8. The molecule has 0 spiro atoms. The number of alkyl halides is 3. The molecule has 1 aliphatic carbocycles. The number of aryl methyl sites for hydroxylation is 2. The lowest BCUT2D eigenvalue weighted by Crippen LogP contribution is -2.57. The van der Waals surface area contributed by atoms with E-state index in [0.717, 1.165) is 63.7 Å². The largest absolute Gasteiger partial charge is 0.467 e. The van der Waals surface area contributed by atoms with E-state index in [-0.39, 0.29) is 32.3 Å². The Balaban J connectivity index is 1.20. The van der Waals surface area contributed by atoms with Gasteiger partial charge >= 0.3 is 12.1 Å². The van der Waals surface area contributed by atoms with Gasteiger partial charge in [0.05, 0.1) is 13.2 Å². The number of hydrogen-bond acceptors (Lipinski definition) is 7. The van der Waals surface area contributed by atoms with E-state index in [1.54, 1.807) is 0 Å². The number of nitrogens with one attached hydrogen (secondary N) is 2. The summed E-state index contributed by atoms with van der Waals surface area (Å²) >= 11 is 0. The molecule has 1 aromatic rings. The summed E-state index contributed by atoms with van der Waals surface area (Å²) in [6.07, 6.45) is 0.246. The number of carbonyl (C=O) groups excluding carboxylic acids is 2.